The van der Waals surface area contributed by atoms with Crippen LogP contribution in [0, 0.1) is 0 Å². The predicted octanol–water partition coefficient (Wildman–Crippen LogP) is -1.37. The normalized spacial score (nSPS) is 12.2. The van der Waals surface area contributed by atoms with Crippen LogP contribution in [0.1, 0.15) is 45.4 Å². The van der Waals surface area contributed by atoms with Gasteiger partial charge in [0, 0.05) is 0 Å². The Labute approximate surface area is 102 Å². The van der Waals surface area contributed by atoms with Gasteiger partial charge in [-0.05, 0) is 0 Å². The zero-order chi connectivity index (χ0) is 8.53. The van der Waals surface area contributed by atoms with Crippen LogP contribution in [0.5, 0.6) is 0 Å². The molecule has 0 amide bonds. The summed E-state index contributed by atoms with van der Waals surface area (Å²) in [5, 5.41) is 0.437. The van der Waals surface area contributed by atoms with Crippen LogP contribution >= 0.6 is 0 Å². The van der Waals surface area contributed by atoms with Gasteiger partial charge < -0.3 is 0 Å². The fourth-order valence-electron chi connectivity index (χ4n) is 1.00. The molecule has 0 aliphatic heterocycles. The Morgan fingerprint density at radius 2 is 1.58 bits per heavy atom. The second-order valence-corrected chi connectivity index (χ2v) is 4.91. The van der Waals surface area contributed by atoms with Crippen LogP contribution in [0.2, 0.25) is 5.32 Å². The summed E-state index contributed by atoms with van der Waals surface area (Å²) in [6, 6.07) is 0. The Balaban J connectivity index is 0. The first-order chi connectivity index (χ1) is 5.27. The van der Waals surface area contributed by atoms with E-state index in [1.165, 1.54) is 25.7 Å². The van der Waals surface area contributed by atoms with Gasteiger partial charge in [0.1, 0.15) is 0 Å². The SMILES string of the molecule is CCCCCCCC[Se](=O)[O-].[Na+]. The number of hydrogen-bond acceptors (Lipinski definition) is 2. The van der Waals surface area contributed by atoms with Crippen LogP contribution in [-0.2, 0) is 3.83 Å². The van der Waals surface area contributed by atoms with Gasteiger partial charge in [0.15, 0.2) is 0 Å². The summed E-state index contributed by atoms with van der Waals surface area (Å²) in [4.78, 5) is 0. The van der Waals surface area contributed by atoms with Gasteiger partial charge >= 0.3 is 103 Å². The molecule has 0 aliphatic carbocycles. The van der Waals surface area contributed by atoms with Crippen molar-refractivity contribution in [2.24, 2.45) is 0 Å². The van der Waals surface area contributed by atoms with Crippen molar-refractivity contribution < 1.29 is 37.6 Å². The molecule has 0 saturated carbocycles. The summed E-state index contributed by atoms with van der Waals surface area (Å²) in [7, 11) is 0. The Morgan fingerprint density at radius 3 is 2.08 bits per heavy atom. The van der Waals surface area contributed by atoms with Gasteiger partial charge in [-0.1, -0.05) is 0 Å². The maximum Gasteiger partial charge on any atom is 1.00 e. The van der Waals surface area contributed by atoms with Gasteiger partial charge in [-0.2, -0.15) is 0 Å². The molecule has 2 nitrogen and oxygen atoms in total. The Kier molecular flexibility index (Phi) is 16.1. The van der Waals surface area contributed by atoms with Crippen LogP contribution in [0.15, 0.2) is 0 Å². The zero-order valence-electron chi connectivity index (χ0n) is 8.17. The second-order valence-electron chi connectivity index (χ2n) is 2.78. The average molecular weight is 247 g/mol. The van der Waals surface area contributed by atoms with Gasteiger partial charge in [-0.3, -0.25) is 0 Å². The van der Waals surface area contributed by atoms with E-state index >= 15 is 0 Å². The molecule has 1 atom stereocenters. The minimum Gasteiger partial charge on any atom is 1.00 e. The minimum atomic E-state index is -2.62. The van der Waals surface area contributed by atoms with Crippen molar-refractivity contribution >= 4 is 14.2 Å². The van der Waals surface area contributed by atoms with E-state index in [0.29, 0.717) is 5.32 Å². The van der Waals surface area contributed by atoms with E-state index in [9.17, 15) is 8.02 Å². The third kappa shape index (κ3) is 13.8. The fraction of sp³-hybridized carbons (Fsp3) is 1.00. The third-order valence-corrected chi connectivity index (χ3v) is 2.97. The maximum atomic E-state index is 10.2. The first kappa shape index (κ1) is 15.7. The van der Waals surface area contributed by atoms with E-state index in [2.05, 4.69) is 6.92 Å². The first-order valence-electron chi connectivity index (χ1n) is 4.33. The molecule has 68 valence electrons. The third-order valence-electron chi connectivity index (χ3n) is 1.66. The standard InChI is InChI=1S/C8H18O2Se.Na/c1-2-3-4-5-6-7-8-11(9)10;/h2-8H2,1H3,(H,9,10);/q;+1/p-1. The smallest absolute Gasteiger partial charge is 1.00 e. The van der Waals surface area contributed by atoms with Crippen LogP contribution in [0.3, 0.4) is 0 Å². The molecule has 0 aliphatic rings. The molecular weight excluding hydrogens is 230 g/mol. The summed E-state index contributed by atoms with van der Waals surface area (Å²) in [5.41, 5.74) is 0. The van der Waals surface area contributed by atoms with Gasteiger partial charge in [-0.25, -0.2) is 0 Å². The van der Waals surface area contributed by atoms with Gasteiger partial charge in [-0.15, -0.1) is 0 Å². The molecule has 0 rings (SSSR count). The summed E-state index contributed by atoms with van der Waals surface area (Å²) in [5.74, 6) is 0. The average Bonchev–Trinajstić information content (AvgIpc) is 1.96. The van der Waals surface area contributed by atoms with Crippen LogP contribution < -0.4 is 33.7 Å². The molecule has 0 bridgehead atoms. The van der Waals surface area contributed by atoms with E-state index in [4.69, 9.17) is 0 Å². The minimum absolute atomic E-state index is 0. The molecule has 0 aromatic heterocycles. The molecule has 0 aromatic carbocycles. The Bertz CT molecular complexity index is 109. The van der Waals surface area contributed by atoms with Crippen molar-refractivity contribution in [2.75, 3.05) is 0 Å². The molecule has 0 saturated heterocycles. The summed E-state index contributed by atoms with van der Waals surface area (Å²) >= 11 is -2.62. The molecule has 0 N–H and O–H groups in total. The monoisotopic (exact) mass is 248 g/mol. The summed E-state index contributed by atoms with van der Waals surface area (Å²) in [6.07, 6.45) is 6.96. The molecule has 0 heterocycles. The molecular formula is C8H17NaO2Se. The van der Waals surface area contributed by atoms with Crippen LogP contribution in [-0.4, -0.2) is 14.2 Å². The fourth-order valence-corrected chi connectivity index (χ4v) is 1.92. The number of rotatable bonds is 7. The topological polar surface area (TPSA) is 40.1 Å². The van der Waals surface area contributed by atoms with Gasteiger partial charge in [0.05, 0.1) is 0 Å². The van der Waals surface area contributed by atoms with E-state index in [1.807, 2.05) is 0 Å². The molecule has 0 radical (unpaired) electrons. The molecule has 0 spiro atoms. The van der Waals surface area contributed by atoms with Gasteiger partial charge in [0.25, 0.3) is 0 Å². The van der Waals surface area contributed by atoms with Crippen LogP contribution in [0.25, 0.3) is 0 Å². The molecule has 1 unspecified atom stereocenters. The first-order valence-corrected chi connectivity index (χ1v) is 6.94. The van der Waals surface area contributed by atoms with E-state index in [0.717, 1.165) is 12.8 Å². The summed E-state index contributed by atoms with van der Waals surface area (Å²) in [6.45, 7) is 2.18. The molecule has 4 heteroatoms. The molecule has 0 aromatic rings. The van der Waals surface area contributed by atoms with E-state index in [1.54, 1.807) is 0 Å². The molecule has 0 fully saturated rings. The van der Waals surface area contributed by atoms with Crippen molar-refractivity contribution in [3.05, 3.63) is 0 Å². The van der Waals surface area contributed by atoms with E-state index < -0.39 is 14.2 Å². The number of unbranched alkanes of at least 4 members (excludes halogenated alkanes) is 5. The number of hydrogen-bond donors (Lipinski definition) is 0. The zero-order valence-corrected chi connectivity index (χ0v) is 11.9. The van der Waals surface area contributed by atoms with Crippen molar-refractivity contribution in [1.82, 2.24) is 0 Å². The maximum absolute atomic E-state index is 10.2. The van der Waals surface area contributed by atoms with Gasteiger partial charge in [0.2, 0.25) is 0 Å². The largest absolute Gasteiger partial charge is 1.00 e. The van der Waals surface area contributed by atoms with Crippen molar-refractivity contribution in [1.29, 1.82) is 0 Å². The molecule has 12 heavy (non-hydrogen) atoms. The second kappa shape index (κ2) is 12.3. The van der Waals surface area contributed by atoms with E-state index in [-0.39, 0.29) is 29.6 Å². The van der Waals surface area contributed by atoms with Crippen molar-refractivity contribution in [3.63, 3.8) is 0 Å². The predicted molar refractivity (Wildman–Crippen MR) is 44.6 cm³/mol. The van der Waals surface area contributed by atoms with Crippen LogP contribution in [0.4, 0.5) is 0 Å². The quantitative estimate of drug-likeness (QED) is 0.411. The van der Waals surface area contributed by atoms with Crippen molar-refractivity contribution in [2.45, 2.75) is 50.8 Å². The van der Waals surface area contributed by atoms with Crippen molar-refractivity contribution in [3.8, 4) is 0 Å². The Morgan fingerprint density at radius 1 is 1.08 bits per heavy atom. The Hall–Kier alpha value is 1.28. The summed E-state index contributed by atoms with van der Waals surface area (Å²) < 4.78 is 20.4.